The van der Waals surface area contributed by atoms with E-state index >= 15 is 0 Å². The van der Waals surface area contributed by atoms with Crippen molar-refractivity contribution in [1.29, 1.82) is 0 Å². The van der Waals surface area contributed by atoms with Gasteiger partial charge in [0, 0.05) is 9.50 Å². The van der Waals surface area contributed by atoms with Crippen LogP contribution < -0.4 is 0 Å². The molecule has 0 saturated carbocycles. The van der Waals surface area contributed by atoms with Crippen LogP contribution in [0, 0.1) is 4.77 Å². The van der Waals surface area contributed by atoms with Crippen LogP contribution in [0.5, 0.6) is 0 Å². The molecule has 0 amide bonds. The van der Waals surface area contributed by atoms with E-state index < -0.39 is 0 Å². The standard InChI is InChI=1S/C13H8BrClN2S/c14-9-7-8(15)5-6-11(9)17-12-4-2-1-3-10(12)16-13(17)18/h1-7H,(H,16,18). The van der Waals surface area contributed by atoms with Gasteiger partial charge in [-0.1, -0.05) is 23.7 Å². The number of aromatic amines is 1. The first-order valence-corrected chi connectivity index (χ1v) is 6.90. The van der Waals surface area contributed by atoms with Crippen molar-refractivity contribution in [1.82, 2.24) is 9.55 Å². The Labute approximate surface area is 122 Å². The third-order valence-electron chi connectivity index (χ3n) is 2.74. The van der Waals surface area contributed by atoms with E-state index in [9.17, 15) is 0 Å². The first-order valence-electron chi connectivity index (χ1n) is 5.32. The number of rotatable bonds is 1. The normalized spacial score (nSPS) is 11.0. The third-order valence-corrected chi connectivity index (χ3v) is 3.90. The van der Waals surface area contributed by atoms with E-state index in [-0.39, 0.29) is 0 Å². The van der Waals surface area contributed by atoms with Gasteiger partial charge < -0.3 is 4.98 Å². The highest BCUT2D eigenvalue weighted by molar-refractivity contribution is 9.10. The number of H-pyrrole nitrogens is 1. The Balaban J connectivity index is 2.38. The van der Waals surface area contributed by atoms with Crippen molar-refractivity contribution in [2.24, 2.45) is 0 Å². The van der Waals surface area contributed by atoms with Crippen molar-refractivity contribution in [3.05, 3.63) is 56.7 Å². The Morgan fingerprint density at radius 1 is 1.17 bits per heavy atom. The van der Waals surface area contributed by atoms with Crippen molar-refractivity contribution < 1.29 is 0 Å². The third kappa shape index (κ3) is 1.90. The van der Waals surface area contributed by atoms with E-state index in [1.54, 1.807) is 0 Å². The van der Waals surface area contributed by atoms with Gasteiger partial charge >= 0.3 is 0 Å². The zero-order valence-electron chi connectivity index (χ0n) is 9.15. The SMILES string of the molecule is S=c1[nH]c2ccccc2n1-c1ccc(Cl)cc1Br. The summed E-state index contributed by atoms with van der Waals surface area (Å²) in [6.07, 6.45) is 0. The zero-order valence-corrected chi connectivity index (χ0v) is 12.3. The molecule has 18 heavy (non-hydrogen) atoms. The lowest BCUT2D eigenvalue weighted by molar-refractivity contribution is 1.06. The molecule has 5 heteroatoms. The minimum Gasteiger partial charge on any atom is -0.330 e. The molecule has 0 aliphatic heterocycles. The number of hydrogen-bond donors (Lipinski definition) is 1. The van der Waals surface area contributed by atoms with Crippen LogP contribution in [0.4, 0.5) is 0 Å². The number of nitrogens with zero attached hydrogens (tertiary/aromatic N) is 1. The van der Waals surface area contributed by atoms with Gasteiger partial charge in [-0.3, -0.25) is 4.57 Å². The summed E-state index contributed by atoms with van der Waals surface area (Å²) in [5.41, 5.74) is 3.04. The van der Waals surface area contributed by atoms with Gasteiger partial charge in [-0.25, -0.2) is 0 Å². The predicted octanol–water partition coefficient (Wildman–Crippen LogP) is 5.10. The summed E-state index contributed by atoms with van der Waals surface area (Å²) in [6, 6.07) is 13.7. The average Bonchev–Trinajstić information content (AvgIpc) is 2.66. The monoisotopic (exact) mass is 338 g/mol. The van der Waals surface area contributed by atoms with E-state index in [2.05, 4.69) is 20.9 Å². The maximum absolute atomic E-state index is 5.96. The fraction of sp³-hybridized carbons (Fsp3) is 0. The minimum absolute atomic E-state index is 0.666. The smallest absolute Gasteiger partial charge is 0.182 e. The van der Waals surface area contributed by atoms with Crippen LogP contribution in [0.25, 0.3) is 16.7 Å². The highest BCUT2D eigenvalue weighted by Gasteiger charge is 2.09. The van der Waals surface area contributed by atoms with Crippen molar-refractivity contribution in [3.8, 4) is 5.69 Å². The van der Waals surface area contributed by atoms with Gasteiger partial charge in [-0.05, 0) is 58.5 Å². The maximum Gasteiger partial charge on any atom is 0.182 e. The molecule has 3 aromatic rings. The average molecular weight is 340 g/mol. The summed E-state index contributed by atoms with van der Waals surface area (Å²) in [5, 5.41) is 0.692. The largest absolute Gasteiger partial charge is 0.330 e. The molecule has 90 valence electrons. The molecule has 0 aliphatic carbocycles. The lowest BCUT2D eigenvalue weighted by Gasteiger charge is -2.07. The number of aromatic nitrogens is 2. The van der Waals surface area contributed by atoms with E-state index in [1.165, 1.54) is 0 Å². The second-order valence-electron chi connectivity index (χ2n) is 3.88. The van der Waals surface area contributed by atoms with Crippen LogP contribution in [0.2, 0.25) is 5.02 Å². The first kappa shape index (κ1) is 12.0. The van der Waals surface area contributed by atoms with Crippen molar-refractivity contribution in [2.75, 3.05) is 0 Å². The van der Waals surface area contributed by atoms with Crippen LogP contribution in [-0.4, -0.2) is 9.55 Å². The summed E-state index contributed by atoms with van der Waals surface area (Å²) >= 11 is 14.9. The molecule has 0 aliphatic rings. The molecular formula is C13H8BrClN2S. The summed E-state index contributed by atoms with van der Waals surface area (Å²) in [4.78, 5) is 3.19. The Hall–Kier alpha value is -1.10. The number of fused-ring (bicyclic) bond motifs is 1. The Morgan fingerprint density at radius 3 is 2.72 bits per heavy atom. The second kappa shape index (κ2) is 4.53. The predicted molar refractivity (Wildman–Crippen MR) is 81.2 cm³/mol. The fourth-order valence-electron chi connectivity index (χ4n) is 1.96. The van der Waals surface area contributed by atoms with Gasteiger partial charge in [-0.15, -0.1) is 0 Å². The van der Waals surface area contributed by atoms with Crippen LogP contribution in [-0.2, 0) is 0 Å². The number of nitrogens with one attached hydrogen (secondary N) is 1. The molecule has 0 unspecified atom stereocenters. The quantitative estimate of drug-likeness (QED) is 0.611. The van der Waals surface area contributed by atoms with Crippen LogP contribution in [0.3, 0.4) is 0 Å². The Kier molecular flexibility index (Phi) is 3.01. The Morgan fingerprint density at radius 2 is 1.94 bits per heavy atom. The van der Waals surface area contributed by atoms with E-state index in [0.717, 1.165) is 21.2 Å². The lowest BCUT2D eigenvalue weighted by Crippen LogP contribution is -1.94. The molecule has 2 aromatic carbocycles. The van der Waals surface area contributed by atoms with Crippen molar-refractivity contribution >= 4 is 50.8 Å². The summed E-state index contributed by atoms with van der Waals surface area (Å²) in [7, 11) is 0. The summed E-state index contributed by atoms with van der Waals surface area (Å²) in [5.74, 6) is 0. The van der Waals surface area contributed by atoms with Crippen LogP contribution in [0.15, 0.2) is 46.9 Å². The number of halogens is 2. The minimum atomic E-state index is 0.666. The molecule has 0 bridgehead atoms. The highest BCUT2D eigenvalue weighted by Crippen LogP contribution is 2.28. The summed E-state index contributed by atoms with van der Waals surface area (Å²) < 4.78 is 3.57. The van der Waals surface area contributed by atoms with Crippen molar-refractivity contribution in [3.63, 3.8) is 0 Å². The molecule has 2 nitrogen and oxygen atoms in total. The van der Waals surface area contributed by atoms with Gasteiger partial charge in [0.1, 0.15) is 0 Å². The molecule has 1 heterocycles. The zero-order chi connectivity index (χ0) is 12.7. The van der Waals surface area contributed by atoms with Gasteiger partial charge in [0.15, 0.2) is 4.77 Å². The molecule has 0 fully saturated rings. The lowest BCUT2D eigenvalue weighted by atomic mass is 10.3. The fourth-order valence-corrected chi connectivity index (χ4v) is 3.12. The molecule has 1 N–H and O–H groups in total. The van der Waals surface area contributed by atoms with E-state index in [4.69, 9.17) is 23.8 Å². The van der Waals surface area contributed by atoms with E-state index in [1.807, 2.05) is 47.0 Å². The van der Waals surface area contributed by atoms with Crippen molar-refractivity contribution in [2.45, 2.75) is 0 Å². The molecule has 0 radical (unpaired) electrons. The molecule has 0 saturated heterocycles. The second-order valence-corrected chi connectivity index (χ2v) is 5.56. The van der Waals surface area contributed by atoms with Crippen LogP contribution in [0.1, 0.15) is 0 Å². The van der Waals surface area contributed by atoms with Gasteiger partial charge in [0.25, 0.3) is 0 Å². The molecule has 0 spiro atoms. The highest BCUT2D eigenvalue weighted by atomic mass is 79.9. The molecular weight excluding hydrogens is 332 g/mol. The number of para-hydroxylation sites is 2. The topological polar surface area (TPSA) is 20.7 Å². The number of imidazole rings is 1. The first-order chi connectivity index (χ1) is 8.66. The molecule has 0 atom stereocenters. The maximum atomic E-state index is 5.96. The van der Waals surface area contributed by atoms with Crippen LogP contribution >= 0.6 is 39.7 Å². The molecule has 3 rings (SSSR count). The number of benzene rings is 2. The van der Waals surface area contributed by atoms with Gasteiger partial charge in [0.05, 0.1) is 16.7 Å². The van der Waals surface area contributed by atoms with E-state index in [0.29, 0.717) is 9.79 Å². The molecule has 1 aromatic heterocycles. The number of hydrogen-bond acceptors (Lipinski definition) is 1. The van der Waals surface area contributed by atoms with Gasteiger partial charge in [0.2, 0.25) is 0 Å². The summed E-state index contributed by atoms with van der Waals surface area (Å²) in [6.45, 7) is 0. The Bertz CT molecular complexity index is 791. The van der Waals surface area contributed by atoms with Gasteiger partial charge in [-0.2, -0.15) is 0 Å².